The minimum absolute atomic E-state index is 0.0531. The molecular weight excluding hydrogens is 270 g/mol. The molecule has 0 saturated heterocycles. The van der Waals surface area contributed by atoms with Gasteiger partial charge in [-0.1, -0.05) is 35.5 Å². The lowest BCUT2D eigenvalue weighted by Gasteiger charge is -2.00. The number of carbonyl (C=O) groups is 1. The SMILES string of the molecule is Cc1c(-c2noc(-c3ccccc3)c2C(=O)O)cnn1C. The Morgan fingerprint density at radius 3 is 2.57 bits per heavy atom. The molecule has 1 aromatic carbocycles. The Hall–Kier alpha value is -2.89. The fourth-order valence-electron chi connectivity index (χ4n) is 2.19. The first-order valence-electron chi connectivity index (χ1n) is 6.37. The second-order valence-electron chi connectivity index (χ2n) is 4.67. The fraction of sp³-hybridized carbons (Fsp3) is 0.133. The van der Waals surface area contributed by atoms with Gasteiger partial charge < -0.3 is 9.63 Å². The van der Waals surface area contributed by atoms with Gasteiger partial charge >= 0.3 is 5.97 Å². The minimum Gasteiger partial charge on any atom is -0.477 e. The molecule has 0 spiro atoms. The van der Waals surface area contributed by atoms with Crippen molar-refractivity contribution in [3.8, 4) is 22.6 Å². The van der Waals surface area contributed by atoms with Gasteiger partial charge in [-0.05, 0) is 6.92 Å². The van der Waals surface area contributed by atoms with Crippen LogP contribution in [0.4, 0.5) is 0 Å². The zero-order valence-corrected chi connectivity index (χ0v) is 11.6. The van der Waals surface area contributed by atoms with Crippen LogP contribution in [0.1, 0.15) is 16.1 Å². The van der Waals surface area contributed by atoms with Crippen LogP contribution < -0.4 is 0 Å². The third kappa shape index (κ3) is 2.10. The summed E-state index contributed by atoms with van der Waals surface area (Å²) in [6.07, 6.45) is 1.59. The molecule has 2 heterocycles. The standard InChI is InChI=1S/C15H13N3O3/c1-9-11(8-16-18(9)2)13-12(15(19)20)14(21-17-13)10-6-4-3-5-7-10/h3-8H,1-2H3,(H,19,20). The Balaban J connectivity index is 2.22. The van der Waals surface area contributed by atoms with Gasteiger partial charge in [0.05, 0.1) is 6.20 Å². The first-order chi connectivity index (χ1) is 10.1. The molecule has 0 unspecified atom stereocenters. The van der Waals surface area contributed by atoms with E-state index in [-0.39, 0.29) is 11.3 Å². The highest BCUT2D eigenvalue weighted by atomic mass is 16.5. The summed E-state index contributed by atoms with van der Waals surface area (Å²) in [7, 11) is 1.79. The smallest absolute Gasteiger partial charge is 0.342 e. The van der Waals surface area contributed by atoms with Crippen LogP contribution in [-0.4, -0.2) is 26.0 Å². The third-order valence-corrected chi connectivity index (χ3v) is 3.43. The maximum Gasteiger partial charge on any atom is 0.342 e. The quantitative estimate of drug-likeness (QED) is 0.799. The lowest BCUT2D eigenvalue weighted by molar-refractivity contribution is 0.0698. The number of hydrogen-bond donors (Lipinski definition) is 1. The highest BCUT2D eigenvalue weighted by molar-refractivity contribution is 6.00. The fourth-order valence-corrected chi connectivity index (χ4v) is 2.19. The molecule has 21 heavy (non-hydrogen) atoms. The molecule has 0 aliphatic carbocycles. The van der Waals surface area contributed by atoms with E-state index in [9.17, 15) is 9.90 Å². The Bertz CT molecular complexity index is 803. The van der Waals surface area contributed by atoms with E-state index in [0.717, 1.165) is 5.69 Å². The molecule has 0 bridgehead atoms. The molecule has 0 radical (unpaired) electrons. The normalized spacial score (nSPS) is 10.8. The van der Waals surface area contributed by atoms with Crippen LogP contribution in [0.5, 0.6) is 0 Å². The number of aryl methyl sites for hydroxylation is 1. The highest BCUT2D eigenvalue weighted by Crippen LogP contribution is 2.33. The van der Waals surface area contributed by atoms with E-state index in [1.807, 2.05) is 25.1 Å². The van der Waals surface area contributed by atoms with E-state index in [0.29, 0.717) is 16.8 Å². The zero-order valence-electron chi connectivity index (χ0n) is 11.6. The number of aromatic nitrogens is 3. The van der Waals surface area contributed by atoms with Gasteiger partial charge in [0.15, 0.2) is 5.76 Å². The van der Waals surface area contributed by atoms with Crippen LogP contribution in [0.15, 0.2) is 41.1 Å². The van der Waals surface area contributed by atoms with Crippen molar-refractivity contribution in [2.24, 2.45) is 7.05 Å². The summed E-state index contributed by atoms with van der Waals surface area (Å²) in [6, 6.07) is 9.06. The molecule has 3 rings (SSSR count). The number of nitrogens with zero attached hydrogens (tertiary/aromatic N) is 3. The zero-order chi connectivity index (χ0) is 15.0. The number of hydrogen-bond acceptors (Lipinski definition) is 4. The van der Waals surface area contributed by atoms with Crippen molar-refractivity contribution < 1.29 is 14.4 Å². The summed E-state index contributed by atoms with van der Waals surface area (Å²) < 4.78 is 6.96. The van der Waals surface area contributed by atoms with Crippen molar-refractivity contribution in [1.82, 2.24) is 14.9 Å². The predicted molar refractivity (Wildman–Crippen MR) is 75.8 cm³/mol. The number of carboxylic acid groups (broad SMARTS) is 1. The number of rotatable bonds is 3. The Kier molecular flexibility index (Phi) is 3.06. The van der Waals surface area contributed by atoms with Gasteiger partial charge in [-0.3, -0.25) is 4.68 Å². The number of aromatic carboxylic acids is 1. The predicted octanol–water partition coefficient (Wildman–Crippen LogP) is 2.75. The van der Waals surface area contributed by atoms with Gasteiger partial charge in [0.2, 0.25) is 0 Å². The minimum atomic E-state index is -1.08. The van der Waals surface area contributed by atoms with Crippen LogP contribution in [0.25, 0.3) is 22.6 Å². The molecule has 0 amide bonds. The van der Waals surface area contributed by atoms with E-state index in [1.54, 1.807) is 30.1 Å². The van der Waals surface area contributed by atoms with Crippen molar-refractivity contribution in [3.63, 3.8) is 0 Å². The van der Waals surface area contributed by atoms with Gasteiger partial charge in [0.1, 0.15) is 11.3 Å². The van der Waals surface area contributed by atoms with Crippen molar-refractivity contribution in [2.75, 3.05) is 0 Å². The lowest BCUT2D eigenvalue weighted by atomic mass is 10.0. The van der Waals surface area contributed by atoms with Crippen molar-refractivity contribution in [3.05, 3.63) is 47.8 Å². The third-order valence-electron chi connectivity index (χ3n) is 3.43. The average Bonchev–Trinajstić information content (AvgIpc) is 3.05. The molecule has 0 fully saturated rings. The van der Waals surface area contributed by atoms with Gasteiger partial charge in [-0.2, -0.15) is 5.10 Å². The van der Waals surface area contributed by atoms with E-state index in [1.165, 1.54) is 0 Å². The van der Waals surface area contributed by atoms with E-state index in [2.05, 4.69) is 10.3 Å². The second kappa shape index (κ2) is 4.90. The van der Waals surface area contributed by atoms with E-state index < -0.39 is 5.97 Å². The van der Waals surface area contributed by atoms with Gasteiger partial charge in [0, 0.05) is 23.9 Å². The first kappa shape index (κ1) is 13.1. The molecular formula is C15H13N3O3. The molecule has 0 aliphatic rings. The van der Waals surface area contributed by atoms with Gasteiger partial charge in [-0.15, -0.1) is 0 Å². The largest absolute Gasteiger partial charge is 0.477 e. The Morgan fingerprint density at radius 1 is 1.29 bits per heavy atom. The summed E-state index contributed by atoms with van der Waals surface area (Å²) in [5.41, 5.74) is 2.51. The number of benzene rings is 1. The van der Waals surface area contributed by atoms with Crippen LogP contribution in [0.3, 0.4) is 0 Å². The maximum atomic E-state index is 11.6. The molecule has 2 aromatic heterocycles. The first-order valence-corrected chi connectivity index (χ1v) is 6.37. The molecule has 1 N–H and O–H groups in total. The summed E-state index contributed by atoms with van der Waals surface area (Å²) in [5.74, 6) is -0.824. The molecule has 6 heteroatoms. The van der Waals surface area contributed by atoms with Crippen molar-refractivity contribution >= 4 is 5.97 Å². The summed E-state index contributed by atoms with van der Waals surface area (Å²) >= 11 is 0. The van der Waals surface area contributed by atoms with Crippen LogP contribution >= 0.6 is 0 Å². The molecule has 0 aliphatic heterocycles. The topological polar surface area (TPSA) is 81.2 Å². The number of carboxylic acids is 1. The highest BCUT2D eigenvalue weighted by Gasteiger charge is 2.26. The van der Waals surface area contributed by atoms with Crippen LogP contribution in [0, 0.1) is 6.92 Å². The van der Waals surface area contributed by atoms with E-state index >= 15 is 0 Å². The lowest BCUT2D eigenvalue weighted by Crippen LogP contribution is -2.00. The summed E-state index contributed by atoms with van der Waals surface area (Å²) in [6.45, 7) is 1.85. The average molecular weight is 283 g/mol. The van der Waals surface area contributed by atoms with Crippen LogP contribution in [0.2, 0.25) is 0 Å². The van der Waals surface area contributed by atoms with Crippen LogP contribution in [-0.2, 0) is 7.05 Å². The second-order valence-corrected chi connectivity index (χ2v) is 4.67. The Labute approximate surface area is 120 Å². The van der Waals surface area contributed by atoms with Crippen molar-refractivity contribution in [1.29, 1.82) is 0 Å². The summed E-state index contributed by atoms with van der Waals surface area (Å²) in [5, 5.41) is 17.6. The molecule has 6 nitrogen and oxygen atoms in total. The summed E-state index contributed by atoms with van der Waals surface area (Å²) in [4.78, 5) is 11.6. The van der Waals surface area contributed by atoms with Gasteiger partial charge in [0.25, 0.3) is 0 Å². The molecule has 3 aromatic rings. The van der Waals surface area contributed by atoms with E-state index in [4.69, 9.17) is 4.52 Å². The van der Waals surface area contributed by atoms with Crippen molar-refractivity contribution in [2.45, 2.75) is 6.92 Å². The molecule has 106 valence electrons. The molecule has 0 saturated carbocycles. The Morgan fingerprint density at radius 2 is 2.00 bits per heavy atom. The molecule has 0 atom stereocenters. The maximum absolute atomic E-state index is 11.6. The van der Waals surface area contributed by atoms with Gasteiger partial charge in [-0.25, -0.2) is 4.79 Å². The monoisotopic (exact) mass is 283 g/mol.